The summed E-state index contributed by atoms with van der Waals surface area (Å²) in [5.41, 5.74) is 4.67. The van der Waals surface area contributed by atoms with E-state index in [-0.39, 0.29) is 34.8 Å². The maximum atomic E-state index is 14.4. The summed E-state index contributed by atoms with van der Waals surface area (Å²) in [6.45, 7) is 3.63. The fourth-order valence-corrected chi connectivity index (χ4v) is 6.08. The molecule has 2 amide bonds. The Balaban J connectivity index is 0.000000248. The van der Waals surface area contributed by atoms with Crippen LogP contribution in [-0.2, 0) is 0 Å². The van der Waals surface area contributed by atoms with Crippen molar-refractivity contribution in [3.8, 4) is 0 Å². The van der Waals surface area contributed by atoms with Gasteiger partial charge in [0.25, 0.3) is 11.8 Å². The molecule has 0 atom stereocenters. The van der Waals surface area contributed by atoms with E-state index in [4.69, 9.17) is 5.11 Å². The smallest absolute Gasteiger partial charge is 0.255 e. The van der Waals surface area contributed by atoms with Gasteiger partial charge in [0.2, 0.25) is 0 Å². The monoisotopic (exact) mass is 968 g/mol. The number of aliphatic hydroxyl groups excluding tert-OH is 1. The zero-order valence-electron chi connectivity index (χ0n) is 24.7. The zero-order chi connectivity index (χ0) is 33.4. The highest BCUT2D eigenvalue weighted by Crippen LogP contribution is 2.33. The van der Waals surface area contributed by atoms with Crippen molar-refractivity contribution in [2.45, 2.75) is 13.8 Å². The predicted octanol–water partition coefficient (Wildman–Crippen LogP) is 8.91. The number of benzene rings is 4. The molecule has 0 spiro atoms. The molecule has 4 aromatic rings. The molecular formula is C32H30Br2F2I2N4O3. The Morgan fingerprint density at radius 2 is 1.36 bits per heavy atom. The van der Waals surface area contributed by atoms with Crippen LogP contribution < -0.4 is 16.0 Å². The fraction of sp³-hybridized carbons (Fsp3) is 0.188. The lowest BCUT2D eigenvalue weighted by atomic mass is 10.1. The van der Waals surface area contributed by atoms with Crippen LogP contribution >= 0.6 is 77.0 Å². The van der Waals surface area contributed by atoms with E-state index >= 15 is 0 Å². The Morgan fingerprint density at radius 1 is 0.800 bits per heavy atom. The van der Waals surface area contributed by atoms with Gasteiger partial charge in [-0.25, -0.2) is 8.78 Å². The second-order valence-corrected chi connectivity index (χ2v) is 14.2. The maximum absolute atomic E-state index is 14.4. The van der Waals surface area contributed by atoms with E-state index < -0.39 is 17.5 Å². The molecule has 45 heavy (non-hydrogen) atoms. The van der Waals surface area contributed by atoms with Crippen molar-refractivity contribution in [1.29, 1.82) is 0 Å². The van der Waals surface area contributed by atoms with Crippen LogP contribution in [0.4, 0.5) is 31.5 Å². The number of anilines is 4. The van der Waals surface area contributed by atoms with Gasteiger partial charge in [0, 0.05) is 43.6 Å². The summed E-state index contributed by atoms with van der Waals surface area (Å²) in [7, 11) is 3.51. The van der Waals surface area contributed by atoms with Crippen molar-refractivity contribution in [3.05, 3.63) is 111 Å². The first kappa shape index (κ1) is 37.1. The van der Waals surface area contributed by atoms with E-state index in [0.29, 0.717) is 11.3 Å². The topological polar surface area (TPSA) is 93.7 Å². The van der Waals surface area contributed by atoms with Gasteiger partial charge in [-0.3, -0.25) is 9.59 Å². The highest BCUT2D eigenvalue weighted by atomic mass is 127. The molecule has 4 N–H and O–H groups in total. The Labute approximate surface area is 305 Å². The molecule has 0 heterocycles. The Bertz CT molecular complexity index is 1720. The largest absolute Gasteiger partial charge is 0.395 e. The second-order valence-electron chi connectivity index (χ2n) is 9.95. The lowest BCUT2D eigenvalue weighted by molar-refractivity contribution is 0.0828. The summed E-state index contributed by atoms with van der Waals surface area (Å²) in [5, 5.41) is 17.4. The number of amides is 2. The molecule has 0 aromatic heterocycles. The molecule has 0 saturated carbocycles. The van der Waals surface area contributed by atoms with Gasteiger partial charge < -0.3 is 26.0 Å². The molecule has 0 aliphatic heterocycles. The van der Waals surface area contributed by atoms with Crippen LogP contribution in [0, 0.1) is 32.6 Å². The number of carbonyl (C=O) groups is 2. The molecule has 0 unspecified atom stereocenters. The summed E-state index contributed by atoms with van der Waals surface area (Å²) < 4.78 is 31.2. The van der Waals surface area contributed by atoms with Gasteiger partial charge in [-0.2, -0.15) is 0 Å². The Kier molecular flexibility index (Phi) is 14.0. The van der Waals surface area contributed by atoms with Crippen LogP contribution in [0.1, 0.15) is 31.8 Å². The van der Waals surface area contributed by atoms with E-state index in [2.05, 4.69) is 106 Å². The van der Waals surface area contributed by atoms with Crippen LogP contribution in [0.15, 0.2) is 69.6 Å². The lowest BCUT2D eigenvalue weighted by Crippen LogP contribution is -2.27. The van der Waals surface area contributed by atoms with Crippen molar-refractivity contribution >= 4 is 112 Å². The van der Waals surface area contributed by atoms with Crippen molar-refractivity contribution in [2.75, 3.05) is 37.9 Å². The van der Waals surface area contributed by atoms with Crippen molar-refractivity contribution < 1.29 is 23.5 Å². The number of aliphatic hydroxyl groups is 1. The highest BCUT2D eigenvalue weighted by molar-refractivity contribution is 14.1. The minimum atomic E-state index is -1.16. The average Bonchev–Trinajstić information content (AvgIpc) is 2.99. The lowest BCUT2D eigenvalue weighted by Gasteiger charge is -2.17. The number of nitrogens with one attached hydrogen (secondary N) is 3. The SMILES string of the molecule is Cc1cc(I)ccc1Nc1c(C(=O)NCCO)cc(Br)c(F)c1F.Cc1cc(I)ccc1Nc1ccc(Br)cc1C(=O)N(C)C. The maximum Gasteiger partial charge on any atom is 0.255 e. The summed E-state index contributed by atoms with van der Waals surface area (Å²) >= 11 is 10.8. The number of halogens is 6. The van der Waals surface area contributed by atoms with Gasteiger partial charge in [-0.1, -0.05) is 15.9 Å². The Hall–Kier alpha value is -2.34. The van der Waals surface area contributed by atoms with Gasteiger partial charge in [-0.15, -0.1) is 0 Å². The molecule has 0 aliphatic carbocycles. The summed E-state index contributed by atoms with van der Waals surface area (Å²) in [6.07, 6.45) is 0. The number of carbonyl (C=O) groups excluding carboxylic acids is 2. The van der Waals surface area contributed by atoms with E-state index in [1.165, 1.54) is 9.64 Å². The molecule has 13 heteroatoms. The quantitative estimate of drug-likeness (QED) is 0.105. The second kappa shape index (κ2) is 17.0. The van der Waals surface area contributed by atoms with E-state index in [0.717, 1.165) is 30.5 Å². The first-order valence-electron chi connectivity index (χ1n) is 13.4. The zero-order valence-corrected chi connectivity index (χ0v) is 32.2. The minimum absolute atomic E-state index is 0.0114. The molecule has 4 rings (SSSR count). The van der Waals surface area contributed by atoms with Gasteiger partial charge in [0.1, 0.15) is 0 Å². The normalized spacial score (nSPS) is 10.5. The molecule has 4 aromatic carbocycles. The standard InChI is InChI=1S/C16H14BrF2IN2O2.C16H16BrIN2O/c1-8-6-9(20)2-3-12(8)22-15-10(16(24)21-4-5-23)7-11(17)13(18)14(15)19;1-10-8-12(18)5-7-14(10)19-15-6-4-11(17)9-13(15)16(21)20(2)3/h2-3,6-7,22-23H,4-5H2,1H3,(H,21,24);4-9,19H,1-3H3. The summed E-state index contributed by atoms with van der Waals surface area (Å²) in [6, 6.07) is 18.5. The van der Waals surface area contributed by atoms with Crippen LogP contribution in [0.3, 0.4) is 0 Å². The van der Waals surface area contributed by atoms with Crippen molar-refractivity contribution in [3.63, 3.8) is 0 Å². The third-order valence-electron chi connectivity index (χ3n) is 6.33. The first-order chi connectivity index (χ1) is 21.2. The summed E-state index contributed by atoms with van der Waals surface area (Å²) in [4.78, 5) is 26.1. The van der Waals surface area contributed by atoms with Crippen LogP contribution in [0.2, 0.25) is 0 Å². The van der Waals surface area contributed by atoms with E-state index in [1.807, 2.05) is 49.4 Å². The first-order valence-corrected chi connectivity index (χ1v) is 17.1. The van der Waals surface area contributed by atoms with Gasteiger partial charge >= 0.3 is 0 Å². The molecule has 7 nitrogen and oxygen atoms in total. The van der Waals surface area contributed by atoms with Crippen LogP contribution in [-0.4, -0.2) is 49.1 Å². The summed E-state index contributed by atoms with van der Waals surface area (Å²) in [5.74, 6) is -2.88. The number of rotatable bonds is 8. The van der Waals surface area contributed by atoms with Gasteiger partial charge in [0.15, 0.2) is 11.6 Å². The van der Waals surface area contributed by atoms with E-state index in [9.17, 15) is 18.4 Å². The minimum Gasteiger partial charge on any atom is -0.395 e. The van der Waals surface area contributed by atoms with Crippen molar-refractivity contribution in [1.82, 2.24) is 10.2 Å². The van der Waals surface area contributed by atoms with Crippen LogP contribution in [0.5, 0.6) is 0 Å². The molecular weight excluding hydrogens is 940 g/mol. The van der Waals surface area contributed by atoms with Crippen molar-refractivity contribution in [2.24, 2.45) is 0 Å². The molecule has 238 valence electrons. The molecule has 0 saturated heterocycles. The Morgan fingerprint density at radius 3 is 1.89 bits per heavy atom. The molecule has 0 fully saturated rings. The number of hydrogen-bond donors (Lipinski definition) is 4. The number of aryl methyl sites for hydroxylation is 2. The average molecular weight is 970 g/mol. The van der Waals surface area contributed by atoms with E-state index in [1.54, 1.807) is 25.1 Å². The van der Waals surface area contributed by atoms with Gasteiger partial charge in [-0.05, 0) is 147 Å². The number of hydrogen-bond acceptors (Lipinski definition) is 5. The fourth-order valence-electron chi connectivity index (χ4n) is 4.02. The van der Waals surface area contributed by atoms with Crippen LogP contribution in [0.25, 0.3) is 0 Å². The van der Waals surface area contributed by atoms with Gasteiger partial charge in [0.05, 0.1) is 33.6 Å². The predicted molar refractivity (Wildman–Crippen MR) is 200 cm³/mol. The third kappa shape index (κ3) is 10.1. The molecule has 0 aliphatic rings. The third-order valence-corrected chi connectivity index (χ3v) is 8.74. The highest BCUT2D eigenvalue weighted by Gasteiger charge is 2.22. The molecule has 0 bridgehead atoms. The molecule has 0 radical (unpaired) electrons. The number of nitrogens with zero attached hydrogens (tertiary/aromatic N) is 1.